The van der Waals surface area contributed by atoms with E-state index in [-0.39, 0.29) is 11.9 Å². The minimum atomic E-state index is 0.0525. The summed E-state index contributed by atoms with van der Waals surface area (Å²) in [4.78, 5) is 23.0. The fourth-order valence-electron chi connectivity index (χ4n) is 3.30. The van der Waals surface area contributed by atoms with Gasteiger partial charge >= 0.3 is 0 Å². The summed E-state index contributed by atoms with van der Waals surface area (Å²) in [5.41, 5.74) is 2.01. The predicted octanol–water partition coefficient (Wildman–Crippen LogP) is 1.17. The molecule has 1 atom stereocenters. The Hall–Kier alpha value is -3.03. The third-order valence-corrected chi connectivity index (χ3v) is 5.12. The van der Waals surface area contributed by atoms with Crippen molar-refractivity contribution in [1.29, 1.82) is 0 Å². The molecule has 1 fully saturated rings. The molecule has 0 saturated carbocycles. The van der Waals surface area contributed by atoms with Crippen LogP contribution in [0.1, 0.15) is 6.92 Å². The number of aryl methyl sites for hydroxylation is 1. The lowest BCUT2D eigenvalue weighted by Gasteiger charge is -2.36. The van der Waals surface area contributed by atoms with Crippen molar-refractivity contribution < 1.29 is 4.79 Å². The number of hydrogen-bond donors (Lipinski definition) is 1. The van der Waals surface area contributed by atoms with Gasteiger partial charge in [0, 0.05) is 58.7 Å². The number of carbonyl (C=O) groups excluding carboxylic acids is 1. The third-order valence-electron chi connectivity index (χ3n) is 5.12. The number of guanidine groups is 1. The second-order valence-corrected chi connectivity index (χ2v) is 7.06. The number of rotatable bonds is 5. The minimum Gasteiger partial charge on any atom is -0.370 e. The highest BCUT2D eigenvalue weighted by atomic mass is 16.2. The molecule has 0 bridgehead atoms. The maximum absolute atomic E-state index is 12.6. The number of amides is 1. The van der Waals surface area contributed by atoms with Crippen molar-refractivity contribution in [2.45, 2.75) is 13.0 Å². The predicted molar refractivity (Wildman–Crippen MR) is 113 cm³/mol. The molecule has 1 amide bonds. The maximum atomic E-state index is 12.6. The van der Waals surface area contributed by atoms with Crippen LogP contribution < -0.4 is 15.1 Å². The largest absolute Gasteiger partial charge is 0.370 e. The molecule has 2 heterocycles. The van der Waals surface area contributed by atoms with Crippen LogP contribution in [0.5, 0.6) is 0 Å². The van der Waals surface area contributed by atoms with Gasteiger partial charge in [0.1, 0.15) is 6.54 Å². The molecule has 8 nitrogen and oxygen atoms in total. The normalized spacial score (nSPS) is 16.3. The van der Waals surface area contributed by atoms with Crippen LogP contribution in [0.25, 0.3) is 0 Å². The zero-order valence-corrected chi connectivity index (χ0v) is 17.0. The maximum Gasteiger partial charge on any atom is 0.246 e. The van der Waals surface area contributed by atoms with Crippen LogP contribution in [0.4, 0.5) is 11.4 Å². The van der Waals surface area contributed by atoms with E-state index in [2.05, 4.69) is 46.4 Å². The summed E-state index contributed by atoms with van der Waals surface area (Å²) in [6.07, 6.45) is 3.59. The summed E-state index contributed by atoms with van der Waals surface area (Å²) in [5.74, 6) is 0.809. The monoisotopic (exact) mass is 383 g/mol. The number of hydrogen-bond acceptors (Lipinski definition) is 4. The summed E-state index contributed by atoms with van der Waals surface area (Å²) in [6.45, 7) is 4.54. The van der Waals surface area contributed by atoms with Crippen LogP contribution in [0.3, 0.4) is 0 Å². The fraction of sp³-hybridized carbons (Fsp3) is 0.450. The molecule has 8 heteroatoms. The molecule has 0 spiro atoms. The zero-order chi connectivity index (χ0) is 20.1. The Bertz CT molecular complexity index is 817. The Kier molecular flexibility index (Phi) is 6.18. The van der Waals surface area contributed by atoms with Crippen LogP contribution in [-0.4, -0.2) is 72.9 Å². The molecule has 150 valence electrons. The number of aliphatic imine (C=N–C) groups is 1. The quantitative estimate of drug-likeness (QED) is 0.620. The van der Waals surface area contributed by atoms with E-state index in [0.29, 0.717) is 13.1 Å². The van der Waals surface area contributed by atoms with Crippen molar-refractivity contribution in [2.24, 2.45) is 12.0 Å². The first-order valence-corrected chi connectivity index (χ1v) is 9.52. The zero-order valence-electron chi connectivity index (χ0n) is 17.0. The van der Waals surface area contributed by atoms with Crippen LogP contribution in [0, 0.1) is 0 Å². The Morgan fingerprint density at radius 2 is 2.07 bits per heavy atom. The van der Waals surface area contributed by atoms with E-state index in [4.69, 9.17) is 0 Å². The number of para-hydroxylation sites is 1. The number of aromatic nitrogens is 2. The molecule has 1 aromatic carbocycles. The summed E-state index contributed by atoms with van der Waals surface area (Å²) in [6, 6.07) is 10.6. The van der Waals surface area contributed by atoms with Gasteiger partial charge in [-0.1, -0.05) is 18.2 Å². The molecule has 0 radical (unpaired) electrons. The van der Waals surface area contributed by atoms with E-state index < -0.39 is 0 Å². The van der Waals surface area contributed by atoms with Crippen LogP contribution in [-0.2, 0) is 11.8 Å². The fourth-order valence-corrected chi connectivity index (χ4v) is 3.30. The standard InChI is InChI=1S/C20H29N7O/c1-16(25(4)17-8-6-5-7-9-17)12-22-20(21-2)26-10-11-27(19(28)15-26)18-13-23-24(3)14-18/h5-9,13-14,16H,10-12,15H2,1-4H3,(H,21,22). The highest BCUT2D eigenvalue weighted by molar-refractivity contribution is 5.98. The summed E-state index contributed by atoms with van der Waals surface area (Å²) >= 11 is 0. The number of piperazine rings is 1. The van der Waals surface area contributed by atoms with Gasteiger partial charge in [-0.25, -0.2) is 0 Å². The first-order valence-electron chi connectivity index (χ1n) is 9.52. The molecular formula is C20H29N7O. The van der Waals surface area contributed by atoms with Crippen molar-refractivity contribution in [3.8, 4) is 0 Å². The lowest BCUT2D eigenvalue weighted by atomic mass is 10.2. The molecule has 28 heavy (non-hydrogen) atoms. The first kappa shape index (κ1) is 19.7. The SMILES string of the molecule is CN=C(NCC(C)N(C)c1ccccc1)N1CCN(c2cnn(C)c2)C(=O)C1. The molecule has 1 aliphatic heterocycles. The lowest BCUT2D eigenvalue weighted by molar-refractivity contribution is -0.120. The second-order valence-electron chi connectivity index (χ2n) is 7.06. The van der Waals surface area contributed by atoms with Crippen LogP contribution >= 0.6 is 0 Å². The number of anilines is 2. The van der Waals surface area contributed by atoms with Gasteiger partial charge < -0.3 is 20.0 Å². The number of benzene rings is 1. The van der Waals surface area contributed by atoms with Gasteiger partial charge in [-0.3, -0.25) is 14.5 Å². The van der Waals surface area contributed by atoms with Gasteiger partial charge in [-0.05, 0) is 19.1 Å². The Morgan fingerprint density at radius 1 is 1.32 bits per heavy atom. The van der Waals surface area contributed by atoms with E-state index in [1.54, 1.807) is 22.8 Å². The topological polar surface area (TPSA) is 69.0 Å². The molecule has 0 aliphatic carbocycles. The van der Waals surface area contributed by atoms with E-state index in [0.717, 1.165) is 24.7 Å². The number of nitrogens with one attached hydrogen (secondary N) is 1. The highest BCUT2D eigenvalue weighted by Gasteiger charge is 2.27. The lowest BCUT2D eigenvalue weighted by Crippen LogP contribution is -2.56. The Balaban J connectivity index is 1.55. The van der Waals surface area contributed by atoms with Crippen molar-refractivity contribution >= 4 is 23.2 Å². The average Bonchev–Trinajstić information content (AvgIpc) is 3.14. The van der Waals surface area contributed by atoms with Gasteiger partial charge in [-0.15, -0.1) is 0 Å². The third kappa shape index (κ3) is 4.44. The highest BCUT2D eigenvalue weighted by Crippen LogP contribution is 2.16. The van der Waals surface area contributed by atoms with Gasteiger partial charge in [0.2, 0.25) is 5.91 Å². The molecule has 1 N–H and O–H groups in total. The van der Waals surface area contributed by atoms with Crippen molar-refractivity contribution in [1.82, 2.24) is 20.0 Å². The number of nitrogens with zero attached hydrogens (tertiary/aromatic N) is 6. The Labute approximate surface area is 166 Å². The molecule has 1 aromatic heterocycles. The van der Waals surface area contributed by atoms with Crippen molar-refractivity contribution in [2.75, 3.05) is 50.1 Å². The number of carbonyl (C=O) groups is 1. The van der Waals surface area contributed by atoms with Crippen LogP contribution in [0.2, 0.25) is 0 Å². The summed E-state index contributed by atoms with van der Waals surface area (Å²) in [7, 11) is 5.69. The average molecular weight is 384 g/mol. The Morgan fingerprint density at radius 3 is 2.68 bits per heavy atom. The van der Waals surface area contributed by atoms with Crippen LogP contribution in [0.15, 0.2) is 47.7 Å². The molecule has 1 aliphatic rings. The molecule has 1 unspecified atom stereocenters. The minimum absolute atomic E-state index is 0.0525. The van der Waals surface area contributed by atoms with Crippen molar-refractivity contribution in [3.05, 3.63) is 42.7 Å². The molecule has 1 saturated heterocycles. The van der Waals surface area contributed by atoms with E-state index >= 15 is 0 Å². The smallest absolute Gasteiger partial charge is 0.246 e. The second kappa shape index (κ2) is 8.77. The van der Waals surface area contributed by atoms with Gasteiger partial charge in [-0.2, -0.15) is 5.10 Å². The molecular weight excluding hydrogens is 354 g/mol. The van der Waals surface area contributed by atoms with Crippen molar-refractivity contribution in [3.63, 3.8) is 0 Å². The van der Waals surface area contributed by atoms with E-state index in [1.807, 2.05) is 36.3 Å². The van der Waals surface area contributed by atoms with E-state index in [1.165, 1.54) is 5.69 Å². The number of likely N-dealkylation sites (N-methyl/N-ethyl adjacent to an activating group) is 1. The van der Waals surface area contributed by atoms with Gasteiger partial charge in [0.15, 0.2) is 5.96 Å². The molecule has 3 rings (SSSR count). The van der Waals surface area contributed by atoms with E-state index in [9.17, 15) is 4.79 Å². The molecule has 2 aromatic rings. The summed E-state index contributed by atoms with van der Waals surface area (Å²) < 4.78 is 1.71. The van der Waals surface area contributed by atoms with Gasteiger partial charge in [0.05, 0.1) is 11.9 Å². The summed E-state index contributed by atoms with van der Waals surface area (Å²) in [5, 5.41) is 7.57. The first-order chi connectivity index (χ1) is 13.5. The van der Waals surface area contributed by atoms with Gasteiger partial charge in [0.25, 0.3) is 0 Å².